The van der Waals surface area contributed by atoms with Crippen molar-refractivity contribution in [1.82, 2.24) is 0 Å². The van der Waals surface area contributed by atoms with Crippen LogP contribution in [-0.2, 0) is 18.0 Å². The minimum Gasteiger partial charge on any atom is -0.489 e. The van der Waals surface area contributed by atoms with Gasteiger partial charge in [-0.3, -0.25) is 4.79 Å². The Labute approximate surface area is 248 Å². The molecule has 0 aromatic heterocycles. The third kappa shape index (κ3) is 7.06. The first-order chi connectivity index (χ1) is 20.0. The normalized spacial score (nSPS) is 11.1. The molecule has 0 fully saturated rings. The Balaban J connectivity index is 1.35. The molecule has 202 valence electrons. The van der Waals surface area contributed by atoms with Gasteiger partial charge in [-0.15, -0.1) is 0 Å². The zero-order valence-corrected chi connectivity index (χ0v) is 23.3. The van der Waals surface area contributed by atoms with Crippen LogP contribution in [0.5, 0.6) is 11.5 Å². The van der Waals surface area contributed by atoms with Crippen LogP contribution >= 0.6 is 23.2 Å². The van der Waals surface area contributed by atoms with Crippen molar-refractivity contribution in [1.29, 1.82) is 5.26 Å². The Hall–Kier alpha value is -4.76. The van der Waals surface area contributed by atoms with Crippen molar-refractivity contribution in [3.63, 3.8) is 0 Å². The van der Waals surface area contributed by atoms with Gasteiger partial charge in [-0.2, -0.15) is 5.26 Å². The lowest BCUT2D eigenvalue weighted by Crippen LogP contribution is -2.13. The molecule has 1 N–H and O–H groups in total. The van der Waals surface area contributed by atoms with E-state index >= 15 is 0 Å². The van der Waals surface area contributed by atoms with Crippen LogP contribution in [0.1, 0.15) is 16.7 Å². The molecule has 0 aliphatic carbocycles. The van der Waals surface area contributed by atoms with Crippen LogP contribution in [0.2, 0.25) is 10.0 Å². The van der Waals surface area contributed by atoms with Crippen molar-refractivity contribution in [3.05, 3.63) is 142 Å². The highest BCUT2D eigenvalue weighted by Crippen LogP contribution is 2.32. The number of hydrogen-bond donors (Lipinski definition) is 1. The predicted octanol–water partition coefficient (Wildman–Crippen LogP) is 8.85. The zero-order valence-electron chi connectivity index (χ0n) is 21.8. The number of fused-ring (bicyclic) bond motifs is 1. The van der Waals surface area contributed by atoms with Crippen LogP contribution in [0.4, 0.5) is 5.69 Å². The quantitative estimate of drug-likeness (QED) is 0.140. The molecule has 0 aliphatic heterocycles. The van der Waals surface area contributed by atoms with Crippen molar-refractivity contribution in [3.8, 4) is 17.6 Å². The standard InChI is InChI=1S/C34H24Cl2N2O3/c35-27-12-10-25(32(36)19-27)22-41-33-17-11-24-8-4-5-9-30(24)31(33)18-26(20-37)34(39)38-28-13-15-29(16-14-28)40-21-23-6-2-1-3-7-23/h1-19H,21-22H2,(H,38,39)/b26-18+. The number of halogens is 2. The summed E-state index contributed by atoms with van der Waals surface area (Å²) in [5.41, 5.74) is 2.90. The lowest BCUT2D eigenvalue weighted by atomic mass is 10.0. The number of benzene rings is 5. The topological polar surface area (TPSA) is 71.3 Å². The molecule has 0 atom stereocenters. The first kappa shape index (κ1) is 27.8. The number of carbonyl (C=O) groups is 1. The molecule has 5 aromatic rings. The van der Waals surface area contributed by atoms with E-state index in [0.29, 0.717) is 39.4 Å². The van der Waals surface area contributed by atoms with E-state index in [9.17, 15) is 10.1 Å². The van der Waals surface area contributed by atoms with Crippen LogP contribution in [0, 0.1) is 11.3 Å². The van der Waals surface area contributed by atoms with Gasteiger partial charge in [0.15, 0.2) is 0 Å². The number of hydrogen-bond acceptors (Lipinski definition) is 4. The molecule has 5 nitrogen and oxygen atoms in total. The van der Waals surface area contributed by atoms with Gasteiger partial charge in [0.05, 0.1) is 0 Å². The van der Waals surface area contributed by atoms with Gasteiger partial charge in [-0.1, -0.05) is 89.9 Å². The number of nitriles is 1. The van der Waals surface area contributed by atoms with E-state index in [-0.39, 0.29) is 12.2 Å². The van der Waals surface area contributed by atoms with Crippen molar-refractivity contribution < 1.29 is 14.3 Å². The molecule has 0 heterocycles. The van der Waals surface area contributed by atoms with Gasteiger partial charge in [0.25, 0.3) is 5.91 Å². The maximum Gasteiger partial charge on any atom is 0.266 e. The van der Waals surface area contributed by atoms with E-state index in [2.05, 4.69) is 5.32 Å². The van der Waals surface area contributed by atoms with Crippen LogP contribution in [0.3, 0.4) is 0 Å². The highest BCUT2D eigenvalue weighted by molar-refractivity contribution is 6.35. The van der Waals surface area contributed by atoms with Gasteiger partial charge in [0, 0.05) is 26.9 Å². The van der Waals surface area contributed by atoms with Crippen LogP contribution in [0.15, 0.2) is 115 Å². The Bertz CT molecular complexity index is 1760. The van der Waals surface area contributed by atoms with Gasteiger partial charge < -0.3 is 14.8 Å². The summed E-state index contributed by atoms with van der Waals surface area (Å²) >= 11 is 12.4. The van der Waals surface area contributed by atoms with E-state index in [1.807, 2.05) is 72.8 Å². The van der Waals surface area contributed by atoms with E-state index in [4.69, 9.17) is 32.7 Å². The number of nitrogens with zero attached hydrogens (tertiary/aromatic N) is 1. The molecule has 0 saturated carbocycles. The first-order valence-electron chi connectivity index (χ1n) is 12.8. The molecule has 0 spiro atoms. The van der Waals surface area contributed by atoms with Crippen molar-refractivity contribution in [2.75, 3.05) is 5.32 Å². The zero-order chi connectivity index (χ0) is 28.6. The molecular formula is C34H24Cl2N2O3. The minimum absolute atomic E-state index is 0.0693. The highest BCUT2D eigenvalue weighted by Gasteiger charge is 2.15. The molecule has 0 radical (unpaired) electrons. The van der Waals surface area contributed by atoms with Crippen molar-refractivity contribution in [2.45, 2.75) is 13.2 Å². The third-order valence-corrected chi connectivity index (χ3v) is 6.93. The van der Waals surface area contributed by atoms with Crippen LogP contribution < -0.4 is 14.8 Å². The summed E-state index contributed by atoms with van der Waals surface area (Å²) in [6.07, 6.45) is 1.55. The molecule has 0 saturated heterocycles. The molecule has 0 aliphatic rings. The second-order valence-corrected chi connectivity index (χ2v) is 9.99. The molecule has 1 amide bonds. The fraction of sp³-hybridized carbons (Fsp3) is 0.0588. The Morgan fingerprint density at radius 3 is 2.34 bits per heavy atom. The van der Waals surface area contributed by atoms with Gasteiger partial charge >= 0.3 is 0 Å². The summed E-state index contributed by atoms with van der Waals surface area (Å²) in [6, 6.07) is 35.5. The second-order valence-electron chi connectivity index (χ2n) is 9.15. The number of amides is 1. The Morgan fingerprint density at radius 2 is 1.59 bits per heavy atom. The monoisotopic (exact) mass is 578 g/mol. The molecule has 0 bridgehead atoms. The first-order valence-corrected chi connectivity index (χ1v) is 13.5. The number of carbonyl (C=O) groups excluding carboxylic acids is 1. The largest absolute Gasteiger partial charge is 0.489 e. The second kappa shape index (κ2) is 13.1. The Morgan fingerprint density at radius 1 is 0.829 bits per heavy atom. The number of nitrogens with one attached hydrogen (secondary N) is 1. The molecule has 0 unspecified atom stereocenters. The number of anilines is 1. The van der Waals surface area contributed by atoms with Crippen LogP contribution in [0.25, 0.3) is 16.8 Å². The minimum atomic E-state index is -0.537. The average molecular weight is 579 g/mol. The predicted molar refractivity (Wildman–Crippen MR) is 164 cm³/mol. The molecular weight excluding hydrogens is 555 g/mol. The summed E-state index contributed by atoms with van der Waals surface area (Å²) in [4.78, 5) is 13.1. The molecule has 7 heteroatoms. The number of ether oxygens (including phenoxy) is 2. The van der Waals surface area contributed by atoms with Gasteiger partial charge in [0.1, 0.15) is 36.4 Å². The summed E-state index contributed by atoms with van der Waals surface area (Å²) in [5.74, 6) is 0.640. The average Bonchev–Trinajstić information content (AvgIpc) is 3.00. The maximum absolute atomic E-state index is 13.1. The lowest BCUT2D eigenvalue weighted by molar-refractivity contribution is -0.112. The summed E-state index contributed by atoms with van der Waals surface area (Å²) < 4.78 is 12.0. The Kier molecular flexibility index (Phi) is 8.85. The van der Waals surface area contributed by atoms with E-state index < -0.39 is 5.91 Å². The summed E-state index contributed by atoms with van der Waals surface area (Å²) in [5, 5.41) is 15.5. The van der Waals surface area contributed by atoms with Gasteiger partial charge in [-0.25, -0.2) is 0 Å². The highest BCUT2D eigenvalue weighted by atomic mass is 35.5. The van der Waals surface area contributed by atoms with Gasteiger partial charge in [0.2, 0.25) is 0 Å². The maximum atomic E-state index is 13.1. The fourth-order valence-electron chi connectivity index (χ4n) is 4.21. The smallest absolute Gasteiger partial charge is 0.266 e. The SMILES string of the molecule is N#C/C(=C\c1c(OCc2ccc(Cl)cc2Cl)ccc2ccccc12)C(=O)Nc1ccc(OCc2ccccc2)cc1. The third-order valence-electron chi connectivity index (χ3n) is 6.34. The number of rotatable bonds is 9. The molecule has 5 rings (SSSR count). The van der Waals surface area contributed by atoms with Crippen molar-refractivity contribution >= 4 is 51.6 Å². The van der Waals surface area contributed by atoms with Crippen molar-refractivity contribution in [2.24, 2.45) is 0 Å². The lowest BCUT2D eigenvalue weighted by Gasteiger charge is -2.14. The molecule has 41 heavy (non-hydrogen) atoms. The fourth-order valence-corrected chi connectivity index (χ4v) is 4.67. The summed E-state index contributed by atoms with van der Waals surface area (Å²) in [7, 11) is 0. The van der Waals surface area contributed by atoms with Gasteiger partial charge in [-0.05, 0) is 64.9 Å². The van der Waals surface area contributed by atoms with E-state index in [0.717, 1.165) is 21.9 Å². The molecule has 5 aromatic carbocycles. The van der Waals surface area contributed by atoms with Crippen LogP contribution in [-0.4, -0.2) is 5.91 Å². The van der Waals surface area contributed by atoms with E-state index in [1.54, 1.807) is 48.5 Å². The van der Waals surface area contributed by atoms with E-state index in [1.165, 1.54) is 0 Å². The summed E-state index contributed by atoms with van der Waals surface area (Å²) in [6.45, 7) is 0.621.